The minimum atomic E-state index is -1.93. The number of aliphatic hydroxyl groups excluding tert-OH is 2. The maximum atomic E-state index is 12.0. The summed E-state index contributed by atoms with van der Waals surface area (Å²) in [5.41, 5.74) is 0.976. The highest BCUT2D eigenvalue weighted by atomic mass is 16.5. The molecular weight excluding hydrogens is 326 g/mol. The normalized spacial score (nSPS) is 18.3. The molecule has 2 amide bonds. The van der Waals surface area contributed by atoms with E-state index in [0.717, 1.165) is 10.6 Å². The molecule has 1 aromatic carbocycles. The van der Waals surface area contributed by atoms with E-state index >= 15 is 0 Å². The summed E-state index contributed by atoms with van der Waals surface area (Å²) in [6, 6.07) is 9.38. The summed E-state index contributed by atoms with van der Waals surface area (Å²) in [5, 5.41) is 23.0. The van der Waals surface area contributed by atoms with E-state index in [0.29, 0.717) is 12.8 Å². The molecule has 8 nitrogen and oxygen atoms in total. The minimum Gasteiger partial charge on any atom is -0.496 e. The lowest BCUT2D eigenvalue weighted by atomic mass is 10.1. The van der Waals surface area contributed by atoms with Gasteiger partial charge in [0.2, 0.25) is 0 Å². The van der Waals surface area contributed by atoms with Crippen LogP contribution in [0.4, 0.5) is 0 Å². The molecule has 1 aromatic rings. The van der Waals surface area contributed by atoms with Crippen molar-refractivity contribution in [1.29, 1.82) is 0 Å². The molecule has 1 aliphatic rings. The van der Waals surface area contributed by atoms with Gasteiger partial charge in [-0.25, -0.2) is 5.84 Å². The van der Waals surface area contributed by atoms with Gasteiger partial charge in [0.05, 0.1) is 12.8 Å². The first kappa shape index (κ1) is 18.9. The van der Waals surface area contributed by atoms with Gasteiger partial charge in [-0.1, -0.05) is 30.3 Å². The molecule has 136 valence electrons. The molecule has 0 saturated carbocycles. The SMILES string of the molecule is NN(CCc1ccccc1)C(=O)[C@H](O)[C@@H](O)C(=O)NCC1CC=CO1. The zero-order valence-corrected chi connectivity index (χ0v) is 13.7. The van der Waals surface area contributed by atoms with E-state index in [4.69, 9.17) is 10.6 Å². The average molecular weight is 349 g/mol. The van der Waals surface area contributed by atoms with Gasteiger partial charge in [-0.3, -0.25) is 14.6 Å². The lowest BCUT2D eigenvalue weighted by Gasteiger charge is -2.23. The Balaban J connectivity index is 1.77. The first-order valence-electron chi connectivity index (χ1n) is 8.03. The van der Waals surface area contributed by atoms with Gasteiger partial charge in [-0.15, -0.1) is 0 Å². The van der Waals surface area contributed by atoms with E-state index < -0.39 is 24.0 Å². The summed E-state index contributed by atoms with van der Waals surface area (Å²) >= 11 is 0. The Morgan fingerprint density at radius 1 is 1.28 bits per heavy atom. The maximum Gasteiger partial charge on any atom is 0.268 e. The lowest BCUT2D eigenvalue weighted by molar-refractivity contribution is -0.153. The van der Waals surface area contributed by atoms with Gasteiger partial charge < -0.3 is 20.3 Å². The molecule has 1 unspecified atom stereocenters. The molecule has 0 saturated heterocycles. The van der Waals surface area contributed by atoms with E-state index in [-0.39, 0.29) is 19.2 Å². The van der Waals surface area contributed by atoms with Gasteiger partial charge >= 0.3 is 0 Å². The third-order valence-electron chi connectivity index (χ3n) is 3.86. The molecule has 0 aliphatic carbocycles. The van der Waals surface area contributed by atoms with Crippen molar-refractivity contribution in [2.45, 2.75) is 31.2 Å². The van der Waals surface area contributed by atoms with Crippen LogP contribution in [-0.2, 0) is 20.7 Å². The monoisotopic (exact) mass is 349 g/mol. The summed E-state index contributed by atoms with van der Waals surface area (Å²) in [5.74, 6) is 3.86. The molecule has 25 heavy (non-hydrogen) atoms. The highest BCUT2D eigenvalue weighted by molar-refractivity contribution is 5.90. The topological polar surface area (TPSA) is 125 Å². The number of rotatable bonds is 8. The zero-order chi connectivity index (χ0) is 18.2. The number of ether oxygens (including phenoxy) is 1. The Morgan fingerprint density at radius 2 is 2.00 bits per heavy atom. The number of amides is 2. The molecule has 5 N–H and O–H groups in total. The number of hydrogen-bond acceptors (Lipinski definition) is 6. The highest BCUT2D eigenvalue weighted by Gasteiger charge is 2.32. The van der Waals surface area contributed by atoms with Crippen LogP contribution in [0.1, 0.15) is 12.0 Å². The molecular formula is C17H23N3O5. The fourth-order valence-electron chi connectivity index (χ4n) is 2.33. The molecule has 3 atom stereocenters. The molecule has 1 heterocycles. The van der Waals surface area contributed by atoms with Crippen molar-refractivity contribution in [3.63, 3.8) is 0 Å². The number of nitrogens with two attached hydrogens (primary N) is 1. The number of benzene rings is 1. The third-order valence-corrected chi connectivity index (χ3v) is 3.86. The summed E-state index contributed by atoms with van der Waals surface area (Å²) in [7, 11) is 0. The van der Waals surface area contributed by atoms with E-state index in [1.165, 1.54) is 6.26 Å². The molecule has 2 rings (SSSR count). The second-order valence-electron chi connectivity index (χ2n) is 5.77. The van der Waals surface area contributed by atoms with Crippen LogP contribution in [0.25, 0.3) is 0 Å². The van der Waals surface area contributed by atoms with Gasteiger partial charge in [-0.2, -0.15) is 0 Å². The van der Waals surface area contributed by atoms with Crippen LogP contribution in [0.2, 0.25) is 0 Å². The summed E-state index contributed by atoms with van der Waals surface area (Å²) in [6.07, 6.45) is 0.446. The first-order chi connectivity index (χ1) is 12.0. The van der Waals surface area contributed by atoms with E-state index in [2.05, 4.69) is 5.32 Å². The predicted molar refractivity (Wildman–Crippen MR) is 89.7 cm³/mol. The molecule has 8 heteroatoms. The second-order valence-corrected chi connectivity index (χ2v) is 5.77. The van der Waals surface area contributed by atoms with Crippen molar-refractivity contribution in [1.82, 2.24) is 10.3 Å². The Labute approximate surface area is 145 Å². The van der Waals surface area contributed by atoms with Crippen LogP contribution in [0.15, 0.2) is 42.7 Å². The van der Waals surface area contributed by atoms with Gasteiger partial charge in [0.25, 0.3) is 11.8 Å². The Bertz CT molecular complexity index is 600. The molecule has 0 bridgehead atoms. The largest absolute Gasteiger partial charge is 0.496 e. The van der Waals surface area contributed by atoms with Gasteiger partial charge in [0.1, 0.15) is 6.10 Å². The highest BCUT2D eigenvalue weighted by Crippen LogP contribution is 2.08. The predicted octanol–water partition coefficient (Wildman–Crippen LogP) is -0.928. The molecule has 1 aliphatic heterocycles. The molecule has 0 aromatic heterocycles. The Morgan fingerprint density at radius 3 is 2.64 bits per heavy atom. The summed E-state index contributed by atoms with van der Waals surface area (Å²) < 4.78 is 5.17. The van der Waals surface area contributed by atoms with Crippen LogP contribution >= 0.6 is 0 Å². The number of carbonyl (C=O) groups excluding carboxylic acids is 2. The van der Waals surface area contributed by atoms with Crippen LogP contribution in [0.3, 0.4) is 0 Å². The first-order valence-corrected chi connectivity index (χ1v) is 8.03. The van der Waals surface area contributed by atoms with Gasteiger partial charge in [0, 0.05) is 13.0 Å². The van der Waals surface area contributed by atoms with E-state index in [1.54, 1.807) is 0 Å². The smallest absolute Gasteiger partial charge is 0.268 e. The van der Waals surface area contributed by atoms with Crippen molar-refractivity contribution < 1.29 is 24.5 Å². The Hall–Kier alpha value is -2.42. The summed E-state index contributed by atoms with van der Waals surface area (Å²) in [6.45, 7) is 0.319. The van der Waals surface area contributed by atoms with Crippen molar-refractivity contribution in [3.05, 3.63) is 48.2 Å². The Kier molecular flexibility index (Phi) is 6.93. The average Bonchev–Trinajstić information content (AvgIpc) is 3.16. The van der Waals surface area contributed by atoms with Gasteiger partial charge in [-0.05, 0) is 18.1 Å². The maximum absolute atomic E-state index is 12.0. The quantitative estimate of drug-likeness (QED) is 0.273. The fourth-order valence-corrected chi connectivity index (χ4v) is 2.33. The molecule has 0 spiro atoms. The van der Waals surface area contributed by atoms with Gasteiger partial charge in [0.15, 0.2) is 12.2 Å². The van der Waals surface area contributed by atoms with E-state index in [1.807, 2.05) is 36.4 Å². The third kappa shape index (κ3) is 5.56. The van der Waals surface area contributed by atoms with E-state index in [9.17, 15) is 19.8 Å². The standard InChI is InChI=1S/C17H23N3O5/c18-20(9-8-12-5-2-1-3-6-12)17(24)15(22)14(21)16(23)19-11-13-7-4-10-25-13/h1-6,10,13-15,21-22H,7-9,11,18H2,(H,19,23)/t13?,14-,15-/m1/s1. The van der Waals surface area contributed by atoms with Crippen molar-refractivity contribution in [2.75, 3.05) is 13.1 Å². The van der Waals surface area contributed by atoms with Crippen molar-refractivity contribution >= 4 is 11.8 Å². The lowest BCUT2D eigenvalue weighted by Crippen LogP contribution is -2.53. The van der Waals surface area contributed by atoms with Crippen molar-refractivity contribution in [3.8, 4) is 0 Å². The second kappa shape index (κ2) is 9.16. The van der Waals surface area contributed by atoms with Crippen LogP contribution in [0.5, 0.6) is 0 Å². The number of nitrogens with one attached hydrogen (secondary N) is 1. The number of carbonyl (C=O) groups is 2. The number of hydrogen-bond donors (Lipinski definition) is 4. The number of hydrazine groups is 1. The number of nitrogens with zero attached hydrogens (tertiary/aromatic N) is 1. The van der Waals surface area contributed by atoms with Crippen LogP contribution < -0.4 is 11.2 Å². The molecule has 0 radical (unpaired) electrons. The van der Waals surface area contributed by atoms with Crippen LogP contribution in [0, 0.1) is 0 Å². The van der Waals surface area contributed by atoms with Crippen LogP contribution in [-0.4, -0.2) is 58.4 Å². The molecule has 0 fully saturated rings. The number of aliphatic hydroxyl groups is 2. The van der Waals surface area contributed by atoms with Crippen molar-refractivity contribution in [2.24, 2.45) is 5.84 Å². The summed E-state index contributed by atoms with van der Waals surface area (Å²) in [4.78, 5) is 23.9. The fraction of sp³-hybridized carbons (Fsp3) is 0.412. The minimum absolute atomic E-state index is 0.149. The zero-order valence-electron chi connectivity index (χ0n) is 13.7.